The Kier molecular flexibility index (Phi) is 7.22. The SMILES string of the molecule is CCCCC(=O)Nc1ncc(Cc2cc(OC)c(OC)c(OC)c2)c(N)n1. The third kappa shape index (κ3) is 5.22. The highest BCUT2D eigenvalue weighted by Gasteiger charge is 2.15. The van der Waals surface area contributed by atoms with Gasteiger partial charge in [-0.15, -0.1) is 0 Å². The molecule has 0 fully saturated rings. The van der Waals surface area contributed by atoms with Gasteiger partial charge in [0.05, 0.1) is 21.3 Å². The molecule has 146 valence electrons. The Morgan fingerprint density at radius 1 is 1.15 bits per heavy atom. The molecule has 27 heavy (non-hydrogen) atoms. The Morgan fingerprint density at radius 2 is 1.81 bits per heavy atom. The van der Waals surface area contributed by atoms with Crippen LogP contribution in [0, 0.1) is 0 Å². The number of rotatable bonds is 9. The van der Waals surface area contributed by atoms with Gasteiger partial charge in [-0.2, -0.15) is 4.98 Å². The van der Waals surface area contributed by atoms with Gasteiger partial charge in [0.15, 0.2) is 11.5 Å². The van der Waals surface area contributed by atoms with Crippen LogP contribution in [0.25, 0.3) is 0 Å². The fraction of sp³-hybridized carbons (Fsp3) is 0.421. The van der Waals surface area contributed by atoms with Gasteiger partial charge in [-0.05, 0) is 24.1 Å². The number of anilines is 2. The van der Waals surface area contributed by atoms with Gasteiger partial charge in [-0.3, -0.25) is 10.1 Å². The van der Waals surface area contributed by atoms with Crippen LogP contribution in [0.15, 0.2) is 18.3 Å². The monoisotopic (exact) mass is 374 g/mol. The number of nitrogen functional groups attached to an aromatic ring is 1. The highest BCUT2D eigenvalue weighted by molar-refractivity contribution is 5.89. The first-order valence-electron chi connectivity index (χ1n) is 8.72. The molecule has 0 saturated carbocycles. The number of nitrogens with two attached hydrogens (primary N) is 1. The molecule has 0 bridgehead atoms. The van der Waals surface area contributed by atoms with E-state index in [0.717, 1.165) is 24.0 Å². The van der Waals surface area contributed by atoms with Gasteiger partial charge in [-0.25, -0.2) is 4.98 Å². The van der Waals surface area contributed by atoms with Crippen LogP contribution < -0.4 is 25.3 Å². The van der Waals surface area contributed by atoms with Crippen LogP contribution in [0.3, 0.4) is 0 Å². The van der Waals surface area contributed by atoms with Crippen molar-refractivity contribution in [2.24, 2.45) is 0 Å². The van der Waals surface area contributed by atoms with Crippen molar-refractivity contribution < 1.29 is 19.0 Å². The van der Waals surface area contributed by atoms with Crippen molar-refractivity contribution in [3.8, 4) is 17.2 Å². The summed E-state index contributed by atoms with van der Waals surface area (Å²) in [7, 11) is 4.68. The molecule has 3 N–H and O–H groups in total. The minimum absolute atomic E-state index is 0.117. The molecule has 1 amide bonds. The van der Waals surface area contributed by atoms with Crippen molar-refractivity contribution in [2.45, 2.75) is 32.6 Å². The number of carbonyl (C=O) groups is 1. The first-order valence-corrected chi connectivity index (χ1v) is 8.72. The number of nitrogens with zero attached hydrogens (tertiary/aromatic N) is 2. The van der Waals surface area contributed by atoms with E-state index >= 15 is 0 Å². The lowest BCUT2D eigenvalue weighted by atomic mass is 10.1. The average molecular weight is 374 g/mol. The maximum Gasteiger partial charge on any atom is 0.231 e. The number of methoxy groups -OCH3 is 3. The summed E-state index contributed by atoms with van der Waals surface area (Å²) in [5.74, 6) is 2.05. The quantitative estimate of drug-likeness (QED) is 0.694. The van der Waals surface area contributed by atoms with Crippen LogP contribution >= 0.6 is 0 Å². The van der Waals surface area contributed by atoms with E-state index in [0.29, 0.717) is 35.9 Å². The molecule has 8 nitrogen and oxygen atoms in total. The third-order valence-corrected chi connectivity index (χ3v) is 4.03. The maximum absolute atomic E-state index is 11.8. The number of amides is 1. The van der Waals surface area contributed by atoms with Crippen LogP contribution in [-0.4, -0.2) is 37.2 Å². The summed E-state index contributed by atoms with van der Waals surface area (Å²) in [5.41, 5.74) is 7.69. The Hall–Kier alpha value is -3.03. The Labute approximate surface area is 159 Å². The number of benzene rings is 1. The smallest absolute Gasteiger partial charge is 0.231 e. The van der Waals surface area contributed by atoms with Gasteiger partial charge >= 0.3 is 0 Å². The normalized spacial score (nSPS) is 10.4. The molecule has 2 rings (SSSR count). The summed E-state index contributed by atoms with van der Waals surface area (Å²) in [4.78, 5) is 20.2. The Bertz CT molecular complexity index is 770. The second kappa shape index (κ2) is 9.61. The van der Waals surface area contributed by atoms with Gasteiger partial charge in [0.1, 0.15) is 5.82 Å². The zero-order chi connectivity index (χ0) is 19.8. The van der Waals surface area contributed by atoms with Crippen molar-refractivity contribution in [2.75, 3.05) is 32.4 Å². The van der Waals surface area contributed by atoms with E-state index in [-0.39, 0.29) is 11.9 Å². The minimum Gasteiger partial charge on any atom is -0.493 e. The zero-order valence-electron chi connectivity index (χ0n) is 16.2. The van der Waals surface area contributed by atoms with Gasteiger partial charge in [0, 0.05) is 24.6 Å². The number of hydrogen-bond acceptors (Lipinski definition) is 7. The number of ether oxygens (including phenoxy) is 3. The lowest BCUT2D eigenvalue weighted by Crippen LogP contribution is -2.14. The van der Waals surface area contributed by atoms with Gasteiger partial charge in [0.25, 0.3) is 0 Å². The lowest BCUT2D eigenvalue weighted by molar-refractivity contribution is -0.116. The topological polar surface area (TPSA) is 109 Å². The molecule has 0 unspecified atom stereocenters. The summed E-state index contributed by atoms with van der Waals surface area (Å²) in [6.07, 6.45) is 4.30. The molecule has 0 aliphatic carbocycles. The molecule has 1 aromatic carbocycles. The van der Waals surface area contributed by atoms with Crippen molar-refractivity contribution in [3.63, 3.8) is 0 Å². The molecule has 1 aromatic heterocycles. The highest BCUT2D eigenvalue weighted by atomic mass is 16.5. The van der Waals surface area contributed by atoms with Crippen LogP contribution in [0.5, 0.6) is 17.2 Å². The standard InChI is InChI=1S/C19H26N4O4/c1-5-6-7-16(24)22-19-21-11-13(18(20)23-19)8-12-9-14(25-2)17(27-4)15(10-12)26-3/h9-11H,5-8H2,1-4H3,(H3,20,21,22,23,24). The molecule has 0 atom stereocenters. The fourth-order valence-corrected chi connectivity index (χ4v) is 2.60. The molecular weight excluding hydrogens is 348 g/mol. The molecule has 2 aromatic rings. The molecule has 0 radical (unpaired) electrons. The number of hydrogen-bond donors (Lipinski definition) is 2. The Balaban J connectivity index is 2.19. The van der Waals surface area contributed by atoms with Crippen molar-refractivity contribution in [3.05, 3.63) is 29.5 Å². The molecule has 0 spiro atoms. The van der Waals surface area contributed by atoms with E-state index in [1.807, 2.05) is 19.1 Å². The largest absolute Gasteiger partial charge is 0.493 e. The summed E-state index contributed by atoms with van der Waals surface area (Å²) in [6.45, 7) is 2.03. The zero-order valence-corrected chi connectivity index (χ0v) is 16.2. The Morgan fingerprint density at radius 3 is 2.33 bits per heavy atom. The first kappa shape index (κ1) is 20.3. The van der Waals surface area contributed by atoms with Crippen molar-refractivity contribution >= 4 is 17.7 Å². The maximum atomic E-state index is 11.8. The molecule has 8 heteroatoms. The van der Waals surface area contributed by atoms with Gasteiger partial charge in [-0.1, -0.05) is 13.3 Å². The van der Waals surface area contributed by atoms with E-state index in [9.17, 15) is 4.79 Å². The molecule has 0 aliphatic rings. The van der Waals surface area contributed by atoms with Crippen molar-refractivity contribution in [1.29, 1.82) is 0 Å². The predicted octanol–water partition coefficient (Wildman–Crippen LogP) is 2.80. The number of nitrogens with one attached hydrogen (secondary N) is 1. The lowest BCUT2D eigenvalue weighted by Gasteiger charge is -2.14. The van der Waals surface area contributed by atoms with E-state index in [1.54, 1.807) is 27.5 Å². The van der Waals surface area contributed by atoms with E-state index < -0.39 is 0 Å². The molecule has 1 heterocycles. The second-order valence-corrected chi connectivity index (χ2v) is 5.97. The van der Waals surface area contributed by atoms with Crippen molar-refractivity contribution in [1.82, 2.24) is 9.97 Å². The fourth-order valence-electron chi connectivity index (χ4n) is 2.60. The number of unbranched alkanes of at least 4 members (excludes halogenated alkanes) is 1. The molecule has 0 aliphatic heterocycles. The van der Waals surface area contributed by atoms with E-state index in [4.69, 9.17) is 19.9 Å². The van der Waals surface area contributed by atoms with Crippen LogP contribution in [0.4, 0.5) is 11.8 Å². The summed E-state index contributed by atoms with van der Waals surface area (Å²) in [6, 6.07) is 3.70. The third-order valence-electron chi connectivity index (χ3n) is 4.03. The van der Waals surface area contributed by atoms with E-state index in [1.165, 1.54) is 0 Å². The molecular formula is C19H26N4O4. The minimum atomic E-state index is -0.117. The number of carbonyl (C=O) groups excluding carboxylic acids is 1. The van der Waals surface area contributed by atoms with E-state index in [2.05, 4.69) is 15.3 Å². The predicted molar refractivity (Wildman–Crippen MR) is 104 cm³/mol. The van der Waals surface area contributed by atoms with Gasteiger partial charge in [0.2, 0.25) is 17.6 Å². The highest BCUT2D eigenvalue weighted by Crippen LogP contribution is 2.38. The molecule has 0 saturated heterocycles. The average Bonchev–Trinajstić information content (AvgIpc) is 2.67. The summed E-state index contributed by atoms with van der Waals surface area (Å²) in [5, 5.41) is 2.66. The van der Waals surface area contributed by atoms with Gasteiger partial charge < -0.3 is 19.9 Å². The van der Waals surface area contributed by atoms with Crippen LogP contribution in [0.1, 0.15) is 37.3 Å². The van der Waals surface area contributed by atoms with Crippen LogP contribution in [-0.2, 0) is 11.2 Å². The second-order valence-electron chi connectivity index (χ2n) is 5.97. The number of aromatic nitrogens is 2. The summed E-state index contributed by atoms with van der Waals surface area (Å²) >= 11 is 0. The summed E-state index contributed by atoms with van der Waals surface area (Å²) < 4.78 is 16.1. The van der Waals surface area contributed by atoms with Crippen LogP contribution in [0.2, 0.25) is 0 Å². The first-order chi connectivity index (χ1) is 13.0.